The van der Waals surface area contributed by atoms with Gasteiger partial charge < -0.3 is 29.6 Å². The first-order valence-electron chi connectivity index (χ1n) is 17.7. The number of nitrogens with one attached hydrogen (secondary N) is 3. The minimum absolute atomic E-state index is 0.0203. The van der Waals surface area contributed by atoms with E-state index in [1.54, 1.807) is 19.1 Å². The molecule has 5 atom stereocenters. The number of fused-ring (bicyclic) bond motifs is 3. The Hall–Kier alpha value is -4.93. The van der Waals surface area contributed by atoms with Crippen molar-refractivity contribution in [2.75, 3.05) is 6.61 Å². The van der Waals surface area contributed by atoms with Crippen LogP contribution in [0.25, 0.3) is 15.7 Å². The second kappa shape index (κ2) is 17.3. The van der Waals surface area contributed by atoms with Gasteiger partial charge in [-0.05, 0) is 60.0 Å². The van der Waals surface area contributed by atoms with Crippen LogP contribution in [-0.4, -0.2) is 51.7 Å². The van der Waals surface area contributed by atoms with Gasteiger partial charge in [-0.25, -0.2) is 9.59 Å². The zero-order valence-corrected chi connectivity index (χ0v) is 31.8. The van der Waals surface area contributed by atoms with Crippen molar-refractivity contribution in [1.82, 2.24) is 25.8 Å². The molecule has 2 heterocycles. The van der Waals surface area contributed by atoms with E-state index in [0.717, 1.165) is 22.2 Å². The molecule has 0 spiro atoms. The lowest BCUT2D eigenvalue weighted by atomic mass is 9.72. The Labute approximate surface area is 317 Å². The van der Waals surface area contributed by atoms with Crippen LogP contribution in [-0.2, 0) is 38.5 Å². The lowest BCUT2D eigenvalue weighted by Gasteiger charge is -2.30. The van der Waals surface area contributed by atoms with Crippen molar-refractivity contribution < 1.29 is 33.2 Å². The summed E-state index contributed by atoms with van der Waals surface area (Å²) in [4.78, 5) is 65.5. The number of aromatic nitrogens is 3. The van der Waals surface area contributed by atoms with Crippen LogP contribution in [0.1, 0.15) is 93.3 Å². The number of rotatable bonds is 13. The van der Waals surface area contributed by atoms with Gasteiger partial charge in [0.05, 0.1) is 17.1 Å². The molecule has 15 heteroatoms. The van der Waals surface area contributed by atoms with Crippen LogP contribution in [0.5, 0.6) is 0 Å². The fourth-order valence-corrected chi connectivity index (χ4v) is 6.76. The summed E-state index contributed by atoms with van der Waals surface area (Å²) in [6, 6.07) is 13.7. The molecule has 0 fully saturated rings. The number of esters is 1. The van der Waals surface area contributed by atoms with Gasteiger partial charge in [0.2, 0.25) is 11.8 Å². The summed E-state index contributed by atoms with van der Waals surface area (Å²) < 4.78 is 15.9. The first kappa shape index (κ1) is 39.3. The van der Waals surface area contributed by atoms with E-state index in [-0.39, 0.29) is 49.6 Å². The lowest BCUT2D eigenvalue weighted by molar-refractivity contribution is -0.130. The molecular formula is C38H43Cl2N6O7+. The number of ether oxygens (including phenoxy) is 2. The molecule has 0 saturated carbocycles. The second-order valence-electron chi connectivity index (χ2n) is 13.3. The fraction of sp³-hybridized carbons (Fsp3) is 0.447. The molecule has 1 aliphatic rings. The molecule has 280 valence electrons. The number of aromatic amines is 1. The normalized spacial score (nSPS) is 17.3. The third-order valence-corrected chi connectivity index (χ3v) is 10.3. The zero-order valence-electron chi connectivity index (χ0n) is 30.3. The van der Waals surface area contributed by atoms with Crippen molar-refractivity contribution in [2.45, 2.75) is 85.4 Å². The maximum atomic E-state index is 14.7. The highest BCUT2D eigenvalue weighted by Crippen LogP contribution is 2.42. The summed E-state index contributed by atoms with van der Waals surface area (Å²) in [6.45, 7) is 9.35. The van der Waals surface area contributed by atoms with Gasteiger partial charge in [-0.2, -0.15) is 9.78 Å². The summed E-state index contributed by atoms with van der Waals surface area (Å²) in [5, 5.41) is 11.1. The van der Waals surface area contributed by atoms with E-state index < -0.39 is 41.4 Å². The Morgan fingerprint density at radius 2 is 1.77 bits per heavy atom. The molecular weight excluding hydrogens is 723 g/mol. The number of aryl methyl sites for hydroxylation is 1. The monoisotopic (exact) mass is 765 g/mol. The number of benzene rings is 2. The number of alkyl carbamates (subject to hydrolysis) is 1. The Kier molecular flexibility index (Phi) is 12.8. The quantitative estimate of drug-likeness (QED) is 0.116. The molecule has 3 N–H and O–H groups in total. The Bertz CT molecular complexity index is 2040. The van der Waals surface area contributed by atoms with Crippen molar-refractivity contribution in [2.24, 2.45) is 17.3 Å². The number of hydrogen-bond acceptors (Lipinski definition) is 9. The van der Waals surface area contributed by atoms with Gasteiger partial charge in [-0.1, -0.05) is 94.1 Å². The van der Waals surface area contributed by atoms with Crippen molar-refractivity contribution in [3.05, 3.63) is 85.9 Å². The van der Waals surface area contributed by atoms with E-state index >= 15 is 0 Å². The van der Waals surface area contributed by atoms with E-state index in [1.165, 1.54) is 0 Å². The Morgan fingerprint density at radius 1 is 1.04 bits per heavy atom. The summed E-state index contributed by atoms with van der Waals surface area (Å²) in [5.74, 6) is -2.71. The molecule has 2 aromatic heterocycles. The van der Waals surface area contributed by atoms with Crippen LogP contribution in [0.4, 0.5) is 4.79 Å². The van der Waals surface area contributed by atoms with E-state index in [4.69, 9.17) is 37.2 Å². The van der Waals surface area contributed by atoms with Crippen LogP contribution < -0.4 is 10.6 Å². The maximum Gasteiger partial charge on any atom is 0.537 e. The molecule has 2 aromatic carbocycles. The molecule has 4 aromatic rings. The van der Waals surface area contributed by atoms with Crippen molar-refractivity contribution in [1.29, 1.82) is 0 Å². The molecule has 0 saturated heterocycles. The average Bonchev–Trinajstić information content (AvgIpc) is 3.79. The largest absolute Gasteiger partial charge is 0.537 e. The van der Waals surface area contributed by atoms with Gasteiger partial charge >= 0.3 is 24.0 Å². The van der Waals surface area contributed by atoms with Crippen LogP contribution in [0, 0.1) is 23.3 Å². The summed E-state index contributed by atoms with van der Waals surface area (Å²) in [6.07, 6.45) is 1.08. The van der Waals surface area contributed by atoms with Crippen LogP contribution >= 0.6 is 23.2 Å². The van der Waals surface area contributed by atoms with Crippen molar-refractivity contribution in [3.63, 3.8) is 0 Å². The second-order valence-corrected chi connectivity index (χ2v) is 14.1. The average molecular weight is 767 g/mol. The van der Waals surface area contributed by atoms with E-state index in [1.807, 2.05) is 58.0 Å². The third-order valence-electron chi connectivity index (χ3n) is 9.75. The van der Waals surface area contributed by atoms with E-state index in [0.29, 0.717) is 34.8 Å². The number of H-pyrrole nitrogens is 1. The van der Waals surface area contributed by atoms with E-state index in [9.17, 15) is 19.2 Å². The van der Waals surface area contributed by atoms with Gasteiger partial charge in [0.15, 0.2) is 11.5 Å². The standard InChI is InChI=1S/C38H42Cl2N6O7/c1-6-21(4)29(44-37(50)52-19-23-12-10-9-11-13-23)33(47)41-20-38(15-14-28-26(18-38)25-16-24(39)17-27(40)31(25)42-28)36(49)43-30(22(5)7-2)34-45-32(46-53-34)35(48)51-8-3/h9-13,16-17,21-22,29-30,42H,6-8,14-15,18-19H2,1-5H3,(H-,43,44,49,50)/p+1/t21?,22?,29-,30-,38-/m0/s1. The van der Waals surface area contributed by atoms with Gasteiger partial charge in [0.1, 0.15) is 12.6 Å². The van der Waals surface area contributed by atoms with Crippen molar-refractivity contribution in [3.8, 4) is 6.07 Å². The molecule has 53 heavy (non-hydrogen) atoms. The first-order valence-corrected chi connectivity index (χ1v) is 18.4. The van der Waals surface area contributed by atoms with Gasteiger partial charge in [-0.3, -0.25) is 4.79 Å². The topological polar surface area (TPSA) is 170 Å². The van der Waals surface area contributed by atoms with Crippen LogP contribution in [0.15, 0.2) is 47.0 Å². The predicted molar refractivity (Wildman–Crippen MR) is 199 cm³/mol. The molecule has 0 bridgehead atoms. The smallest absolute Gasteiger partial charge is 0.460 e. The Balaban J connectivity index is 1.49. The highest BCUT2D eigenvalue weighted by Gasteiger charge is 2.49. The zero-order chi connectivity index (χ0) is 38.3. The molecule has 1 aliphatic carbocycles. The lowest BCUT2D eigenvalue weighted by Crippen LogP contribution is -2.47. The van der Waals surface area contributed by atoms with Gasteiger partial charge in [0.25, 0.3) is 5.82 Å². The molecule has 5 rings (SSSR count). The minimum atomic E-state index is -1.48. The summed E-state index contributed by atoms with van der Waals surface area (Å²) in [7, 11) is 0. The number of hydrogen-bond donors (Lipinski definition) is 3. The SMILES string of the molecule is CCOC(=O)c1noc([C@@H](NC(=O)[C@@]2(C#[N+]C(=O)[C@@H](NC(=O)OCc3ccccc3)C(C)CC)CCc3[nH]c4c(Cl)cc(Cl)cc4c3C2)C(C)CC)n1. The summed E-state index contributed by atoms with van der Waals surface area (Å²) >= 11 is 13.0. The van der Waals surface area contributed by atoms with Crippen LogP contribution in [0.2, 0.25) is 10.0 Å². The van der Waals surface area contributed by atoms with Crippen molar-refractivity contribution >= 4 is 58.0 Å². The number of amides is 3. The van der Waals surface area contributed by atoms with E-state index in [2.05, 4.69) is 36.7 Å². The highest BCUT2D eigenvalue weighted by atomic mass is 35.5. The fourth-order valence-electron chi connectivity index (χ4n) is 6.22. The third kappa shape index (κ3) is 9.00. The van der Waals surface area contributed by atoms with Crippen LogP contribution in [0.3, 0.4) is 0 Å². The first-order chi connectivity index (χ1) is 25.4. The number of carbonyl (C=O) groups is 4. The molecule has 2 unspecified atom stereocenters. The Morgan fingerprint density at radius 3 is 2.47 bits per heavy atom. The maximum absolute atomic E-state index is 14.7. The summed E-state index contributed by atoms with van der Waals surface area (Å²) in [5.41, 5.74) is 1.64. The van der Waals surface area contributed by atoms with Gasteiger partial charge in [0, 0.05) is 27.4 Å². The highest BCUT2D eigenvalue weighted by molar-refractivity contribution is 6.38. The number of nitrogens with zero attached hydrogens (tertiary/aromatic N) is 3. The van der Waals surface area contributed by atoms with Gasteiger partial charge in [-0.15, -0.1) is 0 Å². The number of carbonyl (C=O) groups excluding carboxylic acids is 4. The minimum Gasteiger partial charge on any atom is -0.460 e. The molecule has 3 amide bonds. The molecule has 13 nitrogen and oxygen atoms in total. The molecule has 0 aliphatic heterocycles. The molecule has 0 radical (unpaired) electrons. The predicted octanol–water partition coefficient (Wildman–Crippen LogP) is 7.61. The number of halogens is 2.